The van der Waals surface area contributed by atoms with E-state index in [0.29, 0.717) is 27.6 Å². The van der Waals surface area contributed by atoms with Crippen LogP contribution in [0.25, 0.3) is 5.00 Å². The first-order chi connectivity index (χ1) is 14.4. The molecule has 0 spiro atoms. The Morgan fingerprint density at radius 2 is 1.93 bits per heavy atom. The molecule has 1 unspecified atom stereocenters. The molecule has 0 saturated carbocycles. The first-order valence-electron chi connectivity index (χ1n) is 9.53. The van der Waals surface area contributed by atoms with Gasteiger partial charge in [0.2, 0.25) is 6.43 Å². The molecule has 1 aromatic carbocycles. The van der Waals surface area contributed by atoms with Crippen molar-refractivity contribution in [2.75, 3.05) is 0 Å². The van der Waals surface area contributed by atoms with E-state index in [0.717, 1.165) is 17.0 Å². The summed E-state index contributed by atoms with van der Waals surface area (Å²) in [5.74, 6) is -1.84. The second kappa shape index (κ2) is 7.02. The van der Waals surface area contributed by atoms with Gasteiger partial charge in [-0.3, -0.25) is 9.56 Å². The Morgan fingerprint density at radius 3 is 2.60 bits per heavy atom. The number of aliphatic hydroxyl groups is 1. The molecule has 2 atom stereocenters. The second-order valence-corrected chi connectivity index (χ2v) is 8.62. The maximum absolute atomic E-state index is 14.8. The van der Waals surface area contributed by atoms with Crippen molar-refractivity contribution in [1.29, 1.82) is 0 Å². The molecule has 1 N–H and O–H groups in total. The van der Waals surface area contributed by atoms with Crippen LogP contribution in [-0.4, -0.2) is 26.8 Å². The number of benzene rings is 1. The van der Waals surface area contributed by atoms with E-state index in [4.69, 9.17) is 0 Å². The lowest BCUT2D eigenvalue weighted by Gasteiger charge is -2.14. The van der Waals surface area contributed by atoms with Crippen molar-refractivity contribution in [3.8, 4) is 5.00 Å². The molecule has 0 radical (unpaired) electrons. The maximum atomic E-state index is 14.8. The van der Waals surface area contributed by atoms with E-state index in [2.05, 4.69) is 9.98 Å². The Kier molecular flexibility index (Phi) is 4.55. The summed E-state index contributed by atoms with van der Waals surface area (Å²) in [6, 6.07) is 3.03. The Morgan fingerprint density at radius 1 is 1.20 bits per heavy atom. The van der Waals surface area contributed by atoms with Crippen LogP contribution in [0, 0.1) is 17.6 Å². The molecule has 2 aliphatic rings. The zero-order chi connectivity index (χ0) is 21.2. The van der Waals surface area contributed by atoms with Crippen molar-refractivity contribution in [3.05, 3.63) is 69.1 Å². The predicted octanol–water partition coefficient (Wildman–Crippen LogP) is 4.60. The number of nitrogens with zero attached hydrogens (tertiary/aromatic N) is 3. The molecule has 9 heteroatoms. The number of aliphatic imine (C=N–C) groups is 1. The summed E-state index contributed by atoms with van der Waals surface area (Å²) < 4.78 is 58.1. The summed E-state index contributed by atoms with van der Waals surface area (Å²) in [6.07, 6.45) is -0.633. The average Bonchev–Trinajstić information content (AvgIpc) is 3.36. The highest BCUT2D eigenvalue weighted by atomic mass is 32.1. The van der Waals surface area contributed by atoms with Crippen molar-refractivity contribution < 1.29 is 22.7 Å². The van der Waals surface area contributed by atoms with Gasteiger partial charge < -0.3 is 5.11 Å². The molecule has 4 nitrogen and oxygen atoms in total. The van der Waals surface area contributed by atoms with Gasteiger partial charge in [-0.25, -0.2) is 22.5 Å². The van der Waals surface area contributed by atoms with Crippen LogP contribution in [0.5, 0.6) is 0 Å². The maximum Gasteiger partial charge on any atom is 0.242 e. The summed E-state index contributed by atoms with van der Waals surface area (Å²) in [7, 11) is 0. The standard InChI is InChI=1S/C21H17F4N3OS/c1-9-20-26-7-11(8-29)28(20)21-16(12-5-10(19(24)25)6-15(12)30-21)18(27-9)17-13(22)3-2-4-14(17)23/h2-4,7,9-10,19,29H,5-6,8H2,1H3/t9-,10?/m0/s1. The summed E-state index contributed by atoms with van der Waals surface area (Å²) in [5, 5.41) is 10.4. The van der Waals surface area contributed by atoms with Gasteiger partial charge in [0.05, 0.1) is 29.8 Å². The second-order valence-electron chi connectivity index (χ2n) is 7.54. The van der Waals surface area contributed by atoms with Gasteiger partial charge in [0.15, 0.2) is 0 Å². The van der Waals surface area contributed by atoms with E-state index < -0.39 is 30.0 Å². The fourth-order valence-corrected chi connectivity index (χ4v) is 5.77. The van der Waals surface area contributed by atoms with E-state index in [1.165, 1.54) is 23.6 Å². The highest BCUT2D eigenvalue weighted by molar-refractivity contribution is 7.15. The van der Waals surface area contributed by atoms with Crippen LogP contribution in [0.2, 0.25) is 0 Å². The number of imidazole rings is 1. The van der Waals surface area contributed by atoms with Crippen LogP contribution in [-0.2, 0) is 19.4 Å². The number of fused-ring (bicyclic) bond motifs is 5. The summed E-state index contributed by atoms with van der Waals surface area (Å²) in [5.41, 5.74) is 1.45. The Hall–Kier alpha value is -2.52. The monoisotopic (exact) mass is 435 g/mol. The molecule has 1 aliphatic heterocycles. The SMILES string of the molecule is C[C@@H]1N=C(c2c(F)cccc2F)c2c(sc3c2CC(C(F)F)C3)-n2c(CO)cnc21. The first kappa shape index (κ1) is 19.4. The Balaban J connectivity index is 1.82. The Bertz CT molecular complexity index is 1160. The average molecular weight is 435 g/mol. The van der Waals surface area contributed by atoms with E-state index in [-0.39, 0.29) is 30.7 Å². The van der Waals surface area contributed by atoms with Crippen molar-refractivity contribution in [3.63, 3.8) is 0 Å². The third kappa shape index (κ3) is 2.75. The van der Waals surface area contributed by atoms with Crippen LogP contribution in [0.4, 0.5) is 17.6 Å². The quantitative estimate of drug-likeness (QED) is 0.612. The number of halogens is 4. The van der Waals surface area contributed by atoms with Gasteiger partial charge in [-0.05, 0) is 37.5 Å². The zero-order valence-corrected chi connectivity index (χ0v) is 16.7. The molecule has 30 heavy (non-hydrogen) atoms. The molecule has 0 amide bonds. The highest BCUT2D eigenvalue weighted by Crippen LogP contribution is 2.45. The fourth-order valence-electron chi connectivity index (χ4n) is 4.30. The molecule has 0 fully saturated rings. The van der Waals surface area contributed by atoms with Gasteiger partial charge >= 0.3 is 0 Å². The molecule has 2 aromatic heterocycles. The van der Waals surface area contributed by atoms with Crippen LogP contribution in [0.1, 0.15) is 46.1 Å². The number of aromatic nitrogens is 2. The minimum Gasteiger partial charge on any atom is -0.390 e. The summed E-state index contributed by atoms with van der Waals surface area (Å²) in [4.78, 5) is 9.73. The van der Waals surface area contributed by atoms with Crippen LogP contribution < -0.4 is 0 Å². The lowest BCUT2D eigenvalue weighted by Crippen LogP contribution is -2.15. The molecular formula is C21H17F4N3OS. The number of hydrogen-bond acceptors (Lipinski definition) is 4. The molecule has 0 saturated heterocycles. The van der Waals surface area contributed by atoms with E-state index in [1.54, 1.807) is 11.5 Å². The van der Waals surface area contributed by atoms with Crippen molar-refractivity contribution in [1.82, 2.24) is 9.55 Å². The lowest BCUT2D eigenvalue weighted by molar-refractivity contribution is 0.0826. The largest absolute Gasteiger partial charge is 0.390 e. The predicted molar refractivity (Wildman–Crippen MR) is 105 cm³/mol. The van der Waals surface area contributed by atoms with Gasteiger partial charge in [0.1, 0.15) is 28.5 Å². The van der Waals surface area contributed by atoms with Gasteiger partial charge in [-0.1, -0.05) is 6.07 Å². The van der Waals surface area contributed by atoms with Crippen molar-refractivity contribution in [2.45, 2.75) is 38.8 Å². The number of aliphatic hydroxyl groups excluding tert-OH is 1. The van der Waals surface area contributed by atoms with Gasteiger partial charge in [-0.15, -0.1) is 11.3 Å². The molecule has 3 aromatic rings. The van der Waals surface area contributed by atoms with Crippen molar-refractivity contribution in [2.24, 2.45) is 10.9 Å². The topological polar surface area (TPSA) is 50.4 Å². The van der Waals surface area contributed by atoms with E-state index >= 15 is 0 Å². The van der Waals surface area contributed by atoms with Crippen LogP contribution in [0.15, 0.2) is 29.4 Å². The molecule has 5 rings (SSSR count). The third-order valence-electron chi connectivity index (χ3n) is 5.70. The number of alkyl halides is 2. The molecule has 156 valence electrons. The van der Waals surface area contributed by atoms with Gasteiger partial charge in [0.25, 0.3) is 0 Å². The molecule has 3 heterocycles. The summed E-state index contributed by atoms with van der Waals surface area (Å²) in [6.45, 7) is 1.46. The van der Waals surface area contributed by atoms with E-state index in [9.17, 15) is 22.7 Å². The van der Waals surface area contributed by atoms with E-state index in [1.807, 2.05) is 0 Å². The normalized spacial score (nSPS) is 20.0. The molecule has 0 bridgehead atoms. The number of hydrogen-bond donors (Lipinski definition) is 1. The van der Waals surface area contributed by atoms with Gasteiger partial charge in [-0.2, -0.15) is 0 Å². The number of thiophene rings is 1. The molecular weight excluding hydrogens is 418 g/mol. The minimum absolute atomic E-state index is 0.106. The summed E-state index contributed by atoms with van der Waals surface area (Å²) >= 11 is 1.30. The molecule has 1 aliphatic carbocycles. The zero-order valence-electron chi connectivity index (χ0n) is 15.9. The number of rotatable bonds is 3. The smallest absolute Gasteiger partial charge is 0.242 e. The minimum atomic E-state index is -2.48. The van der Waals surface area contributed by atoms with Gasteiger partial charge in [0, 0.05) is 16.4 Å². The lowest BCUT2D eigenvalue weighted by atomic mass is 9.97. The first-order valence-corrected chi connectivity index (χ1v) is 10.3. The van der Waals surface area contributed by atoms with Crippen LogP contribution >= 0.6 is 11.3 Å². The Labute approximate surface area is 173 Å². The fraction of sp³-hybridized carbons (Fsp3) is 0.333. The highest BCUT2D eigenvalue weighted by Gasteiger charge is 2.38. The van der Waals surface area contributed by atoms with Crippen molar-refractivity contribution >= 4 is 17.0 Å². The third-order valence-corrected chi connectivity index (χ3v) is 6.94. The van der Waals surface area contributed by atoms with Crippen LogP contribution in [0.3, 0.4) is 0 Å².